The monoisotopic (exact) mass is 315 g/mol. The van der Waals surface area contributed by atoms with Crippen LogP contribution in [0.5, 0.6) is 0 Å². The van der Waals surface area contributed by atoms with Crippen LogP contribution in [0.4, 0.5) is 0 Å². The smallest absolute Gasteiger partial charge is 0.260 e. The van der Waals surface area contributed by atoms with Gasteiger partial charge in [-0.05, 0) is 45.3 Å². The number of likely N-dealkylation sites (tertiary alicyclic amines) is 1. The molecule has 8 heteroatoms. The molecule has 1 aromatic rings. The van der Waals surface area contributed by atoms with Crippen LogP contribution in [0, 0.1) is 12.8 Å². The summed E-state index contributed by atoms with van der Waals surface area (Å²) in [5, 5.41) is 6.61. The van der Waals surface area contributed by atoms with E-state index in [0.717, 1.165) is 32.5 Å². The van der Waals surface area contributed by atoms with E-state index < -0.39 is 10.0 Å². The topological polar surface area (TPSA) is 104 Å². The molecule has 2 heterocycles. The Balaban J connectivity index is 1.96. The fraction of sp³-hybridized carbons (Fsp3) is 0.769. The lowest BCUT2D eigenvalue weighted by atomic mass is 9.97. The minimum absolute atomic E-state index is 0.0356. The Kier molecular flexibility index (Phi) is 5.37. The number of nitrogens with two attached hydrogens (primary N) is 1. The van der Waals surface area contributed by atoms with Crippen LogP contribution >= 0.6 is 0 Å². The molecular formula is C13H25N5O2S. The van der Waals surface area contributed by atoms with Crippen LogP contribution in [-0.4, -0.2) is 49.7 Å². The van der Waals surface area contributed by atoms with Gasteiger partial charge in [0.05, 0.1) is 0 Å². The molecule has 0 bridgehead atoms. The third-order valence-electron chi connectivity index (χ3n) is 4.21. The highest BCUT2D eigenvalue weighted by Gasteiger charge is 2.25. The number of hydrogen-bond donors (Lipinski definition) is 3. The van der Waals surface area contributed by atoms with E-state index in [9.17, 15) is 8.42 Å². The van der Waals surface area contributed by atoms with E-state index in [2.05, 4.69) is 26.7 Å². The summed E-state index contributed by atoms with van der Waals surface area (Å²) >= 11 is 0. The van der Waals surface area contributed by atoms with E-state index in [4.69, 9.17) is 5.73 Å². The molecule has 0 unspecified atom stereocenters. The summed E-state index contributed by atoms with van der Waals surface area (Å²) < 4.78 is 27.3. The largest absolute Gasteiger partial charge is 0.326 e. The van der Waals surface area contributed by atoms with Gasteiger partial charge in [0.2, 0.25) is 0 Å². The summed E-state index contributed by atoms with van der Waals surface area (Å²) in [6.45, 7) is 7.69. The zero-order valence-electron chi connectivity index (χ0n) is 12.7. The normalized spacial score (nSPS) is 18.2. The fourth-order valence-corrected chi connectivity index (χ4v) is 4.01. The summed E-state index contributed by atoms with van der Waals surface area (Å²) in [6, 6.07) is 0. The van der Waals surface area contributed by atoms with Crippen LogP contribution in [0.3, 0.4) is 0 Å². The van der Waals surface area contributed by atoms with Gasteiger partial charge in [0.15, 0.2) is 5.03 Å². The Bertz CT molecular complexity index is 561. The predicted molar refractivity (Wildman–Crippen MR) is 81.2 cm³/mol. The number of sulfonamides is 1. The molecule has 7 nitrogen and oxygen atoms in total. The summed E-state index contributed by atoms with van der Waals surface area (Å²) in [7, 11) is -3.59. The van der Waals surface area contributed by atoms with E-state index in [1.807, 2.05) is 0 Å². The van der Waals surface area contributed by atoms with Crippen LogP contribution < -0.4 is 10.5 Å². The maximum absolute atomic E-state index is 12.3. The average Bonchev–Trinajstić information content (AvgIpc) is 2.87. The maximum atomic E-state index is 12.3. The van der Waals surface area contributed by atoms with Crippen molar-refractivity contribution >= 4 is 10.0 Å². The molecule has 1 aliphatic heterocycles. The maximum Gasteiger partial charge on any atom is 0.260 e. The number of piperidine rings is 1. The summed E-state index contributed by atoms with van der Waals surface area (Å²) in [4.78, 5) is 2.38. The zero-order chi connectivity index (χ0) is 15.5. The Labute approximate surface area is 126 Å². The lowest BCUT2D eigenvalue weighted by Gasteiger charge is -2.30. The highest BCUT2D eigenvalue weighted by atomic mass is 32.2. The molecule has 1 saturated heterocycles. The zero-order valence-corrected chi connectivity index (χ0v) is 13.5. The van der Waals surface area contributed by atoms with Crippen LogP contribution in [0.1, 0.15) is 31.0 Å². The van der Waals surface area contributed by atoms with Gasteiger partial charge in [0, 0.05) is 24.3 Å². The van der Waals surface area contributed by atoms with Crippen molar-refractivity contribution < 1.29 is 8.42 Å². The molecule has 21 heavy (non-hydrogen) atoms. The number of aromatic nitrogens is 2. The quantitative estimate of drug-likeness (QED) is 0.695. The molecule has 0 radical (unpaired) electrons. The molecule has 4 N–H and O–H groups in total. The van der Waals surface area contributed by atoms with Gasteiger partial charge < -0.3 is 10.6 Å². The Morgan fingerprint density at radius 2 is 2.10 bits per heavy atom. The molecule has 120 valence electrons. The second-order valence-corrected chi connectivity index (χ2v) is 7.25. The second kappa shape index (κ2) is 6.87. The molecule has 1 aliphatic rings. The number of nitrogens with zero attached hydrogens (tertiary/aromatic N) is 2. The molecule has 1 aromatic heterocycles. The van der Waals surface area contributed by atoms with Gasteiger partial charge in [0.1, 0.15) is 0 Å². The molecule has 0 aliphatic carbocycles. The minimum Gasteiger partial charge on any atom is -0.326 e. The molecule has 1 fully saturated rings. The van der Waals surface area contributed by atoms with Crippen molar-refractivity contribution in [1.29, 1.82) is 0 Å². The van der Waals surface area contributed by atoms with Crippen LogP contribution in [0.2, 0.25) is 0 Å². The SMILES string of the molecule is CCN1CCC(CNS(=O)(=O)c2n[nH]c(C)c2CN)CC1. The van der Waals surface area contributed by atoms with Crippen molar-refractivity contribution in [2.45, 2.75) is 38.3 Å². The standard InChI is InChI=1S/C13H25N5O2S/c1-3-18-6-4-11(5-7-18)9-15-21(19,20)13-12(8-14)10(2)16-17-13/h11,15H,3-9,14H2,1-2H3,(H,16,17). The molecule has 2 rings (SSSR count). The van der Waals surface area contributed by atoms with Gasteiger partial charge in [-0.25, -0.2) is 13.1 Å². The van der Waals surface area contributed by atoms with Crippen LogP contribution in [0.25, 0.3) is 0 Å². The summed E-state index contributed by atoms with van der Waals surface area (Å²) in [5.74, 6) is 0.393. The van der Waals surface area contributed by atoms with Crippen molar-refractivity contribution in [1.82, 2.24) is 19.8 Å². The lowest BCUT2D eigenvalue weighted by Crippen LogP contribution is -2.38. The van der Waals surface area contributed by atoms with Gasteiger partial charge in [-0.3, -0.25) is 5.10 Å². The van der Waals surface area contributed by atoms with Crippen molar-refractivity contribution in [2.75, 3.05) is 26.2 Å². The number of rotatable bonds is 6. The van der Waals surface area contributed by atoms with Gasteiger partial charge in [0.25, 0.3) is 10.0 Å². The molecule has 0 aromatic carbocycles. The van der Waals surface area contributed by atoms with Crippen LogP contribution in [0.15, 0.2) is 5.03 Å². The first-order valence-corrected chi connectivity index (χ1v) is 8.92. The van der Waals surface area contributed by atoms with Crippen molar-refractivity contribution in [2.24, 2.45) is 11.7 Å². The Morgan fingerprint density at radius 3 is 2.67 bits per heavy atom. The van der Waals surface area contributed by atoms with Crippen molar-refractivity contribution in [3.8, 4) is 0 Å². The fourth-order valence-electron chi connectivity index (χ4n) is 2.70. The van der Waals surface area contributed by atoms with Gasteiger partial charge in [-0.2, -0.15) is 5.10 Å². The number of H-pyrrole nitrogens is 1. The number of nitrogens with one attached hydrogen (secondary N) is 2. The first kappa shape index (κ1) is 16.4. The first-order valence-electron chi connectivity index (χ1n) is 7.43. The molecular weight excluding hydrogens is 290 g/mol. The average molecular weight is 315 g/mol. The van der Waals surface area contributed by atoms with Gasteiger partial charge in [-0.15, -0.1) is 0 Å². The third kappa shape index (κ3) is 3.82. The highest BCUT2D eigenvalue weighted by molar-refractivity contribution is 7.89. The minimum atomic E-state index is -3.59. The third-order valence-corrected chi connectivity index (χ3v) is 5.60. The summed E-state index contributed by atoms with van der Waals surface area (Å²) in [5.41, 5.74) is 6.87. The van der Waals surface area contributed by atoms with E-state index in [1.54, 1.807) is 6.92 Å². The molecule has 0 amide bonds. The van der Waals surface area contributed by atoms with Gasteiger partial charge >= 0.3 is 0 Å². The molecule has 0 spiro atoms. The molecule has 0 saturated carbocycles. The first-order chi connectivity index (χ1) is 9.97. The Morgan fingerprint density at radius 1 is 1.43 bits per heavy atom. The Hall–Kier alpha value is -0.960. The van der Waals surface area contributed by atoms with E-state index in [1.165, 1.54) is 0 Å². The second-order valence-electron chi connectivity index (χ2n) is 5.57. The highest BCUT2D eigenvalue weighted by Crippen LogP contribution is 2.18. The van der Waals surface area contributed by atoms with E-state index in [0.29, 0.717) is 23.7 Å². The van der Waals surface area contributed by atoms with E-state index >= 15 is 0 Å². The van der Waals surface area contributed by atoms with E-state index in [-0.39, 0.29) is 11.6 Å². The summed E-state index contributed by atoms with van der Waals surface area (Å²) in [6.07, 6.45) is 2.05. The predicted octanol–water partition coefficient (Wildman–Crippen LogP) is 0.187. The number of hydrogen-bond acceptors (Lipinski definition) is 5. The molecule has 0 atom stereocenters. The number of aromatic amines is 1. The van der Waals surface area contributed by atoms with Crippen molar-refractivity contribution in [3.63, 3.8) is 0 Å². The number of aryl methyl sites for hydroxylation is 1. The lowest BCUT2D eigenvalue weighted by molar-refractivity contribution is 0.193. The van der Waals surface area contributed by atoms with Crippen LogP contribution in [-0.2, 0) is 16.6 Å². The van der Waals surface area contributed by atoms with Gasteiger partial charge in [-0.1, -0.05) is 6.92 Å². The van der Waals surface area contributed by atoms with Crippen molar-refractivity contribution in [3.05, 3.63) is 11.3 Å².